The number of benzene rings is 3. The molecule has 6 rings (SSSR count). The summed E-state index contributed by atoms with van der Waals surface area (Å²) in [5, 5.41) is 3.50. The Morgan fingerprint density at radius 3 is 2.29 bits per heavy atom. The third-order valence-corrected chi connectivity index (χ3v) is 7.64. The number of methoxy groups -OCH3 is 1. The molecule has 1 heterocycles. The molecule has 0 spiro atoms. The van der Waals surface area contributed by atoms with Gasteiger partial charge in [0.2, 0.25) is 5.91 Å². The number of anilines is 2. The molecule has 1 N–H and O–H groups in total. The first-order valence-corrected chi connectivity index (χ1v) is 12.8. The van der Waals surface area contributed by atoms with Crippen molar-refractivity contribution in [3.05, 3.63) is 107 Å². The average molecular weight is 511 g/mol. The van der Waals surface area contributed by atoms with E-state index >= 15 is 0 Å². The molecule has 192 valence electrons. The summed E-state index contributed by atoms with van der Waals surface area (Å²) >= 11 is 0. The first-order chi connectivity index (χ1) is 18.4. The fourth-order valence-corrected chi connectivity index (χ4v) is 5.57. The number of halogens is 1. The van der Waals surface area contributed by atoms with Gasteiger partial charge in [0.1, 0.15) is 5.82 Å². The number of Topliss-reactive ketones (excluding diaryl/α,β-unsaturated/α-hetero) is 1. The third-order valence-electron chi connectivity index (χ3n) is 7.64. The molecule has 3 aromatic rings. The number of nitrogens with one attached hydrogen (secondary N) is 1. The van der Waals surface area contributed by atoms with Crippen molar-refractivity contribution >= 4 is 29.0 Å². The van der Waals surface area contributed by atoms with E-state index in [0.717, 1.165) is 35.4 Å². The van der Waals surface area contributed by atoms with Gasteiger partial charge in [-0.25, -0.2) is 9.18 Å². The van der Waals surface area contributed by atoms with Crippen LogP contribution in [0.15, 0.2) is 84.1 Å². The van der Waals surface area contributed by atoms with E-state index in [4.69, 9.17) is 4.74 Å². The number of nitrogens with zero attached hydrogens (tertiary/aromatic N) is 1. The number of ketones is 1. The number of amides is 1. The Balaban J connectivity index is 1.51. The highest BCUT2D eigenvalue weighted by Crippen LogP contribution is 2.49. The highest BCUT2D eigenvalue weighted by atomic mass is 19.1. The number of hydrogen-bond acceptors (Lipinski definition) is 5. The van der Waals surface area contributed by atoms with Gasteiger partial charge in [-0.05, 0) is 72.7 Å². The topological polar surface area (TPSA) is 75.7 Å². The number of allylic oxidation sites excluding steroid dienone is 1. The minimum absolute atomic E-state index is 0.0106. The minimum Gasteiger partial charge on any atom is -0.465 e. The summed E-state index contributed by atoms with van der Waals surface area (Å²) in [6.45, 7) is 0. The molecule has 2 aliphatic carbocycles. The molecule has 1 saturated carbocycles. The Morgan fingerprint density at radius 2 is 1.61 bits per heavy atom. The normalized spacial score (nSPS) is 20.7. The van der Waals surface area contributed by atoms with E-state index in [0.29, 0.717) is 23.2 Å². The van der Waals surface area contributed by atoms with Gasteiger partial charge in [0.05, 0.1) is 30.1 Å². The fraction of sp³-hybridized carbons (Fsp3) is 0.258. The summed E-state index contributed by atoms with van der Waals surface area (Å²) in [6.07, 6.45) is 2.45. The van der Waals surface area contributed by atoms with Crippen molar-refractivity contribution in [3.63, 3.8) is 0 Å². The van der Waals surface area contributed by atoms with E-state index in [9.17, 15) is 18.8 Å². The number of rotatable bonds is 4. The van der Waals surface area contributed by atoms with Crippen molar-refractivity contribution in [1.29, 1.82) is 0 Å². The number of ether oxygens (including phenoxy) is 1. The molecule has 2 atom stereocenters. The Hall–Kier alpha value is -4.26. The summed E-state index contributed by atoms with van der Waals surface area (Å²) in [6, 6.07) is 20.2. The predicted octanol–water partition coefficient (Wildman–Crippen LogP) is 5.92. The van der Waals surface area contributed by atoms with Crippen molar-refractivity contribution in [2.45, 2.75) is 37.6 Å². The summed E-state index contributed by atoms with van der Waals surface area (Å²) < 4.78 is 18.4. The lowest BCUT2D eigenvalue weighted by Gasteiger charge is -2.35. The smallest absolute Gasteiger partial charge is 0.337 e. The summed E-state index contributed by atoms with van der Waals surface area (Å²) in [5.41, 5.74) is 4.82. The third kappa shape index (κ3) is 4.28. The van der Waals surface area contributed by atoms with Crippen molar-refractivity contribution in [1.82, 2.24) is 0 Å². The zero-order chi connectivity index (χ0) is 26.4. The van der Waals surface area contributed by atoms with Crippen molar-refractivity contribution in [3.8, 4) is 0 Å². The molecule has 38 heavy (non-hydrogen) atoms. The molecule has 3 aromatic carbocycles. The van der Waals surface area contributed by atoms with Gasteiger partial charge in [0.25, 0.3) is 0 Å². The Labute approximate surface area is 220 Å². The largest absolute Gasteiger partial charge is 0.465 e. The van der Waals surface area contributed by atoms with Crippen molar-refractivity contribution in [2.24, 2.45) is 5.92 Å². The fourth-order valence-electron chi connectivity index (χ4n) is 5.57. The lowest BCUT2D eigenvalue weighted by atomic mass is 9.78. The first-order valence-electron chi connectivity index (χ1n) is 12.8. The first kappa shape index (κ1) is 24.1. The van der Waals surface area contributed by atoms with Crippen LogP contribution in [0.25, 0.3) is 0 Å². The zero-order valence-corrected chi connectivity index (χ0v) is 20.9. The minimum atomic E-state index is -0.650. The second kappa shape index (κ2) is 9.56. The zero-order valence-electron chi connectivity index (χ0n) is 20.9. The van der Waals surface area contributed by atoms with Gasteiger partial charge >= 0.3 is 5.97 Å². The lowest BCUT2D eigenvalue weighted by Crippen LogP contribution is -2.39. The maximum atomic E-state index is 14.0. The van der Waals surface area contributed by atoms with Gasteiger partial charge in [-0.2, -0.15) is 0 Å². The number of carbonyl (C=O) groups excluding carboxylic acids is 3. The van der Waals surface area contributed by atoms with Gasteiger partial charge in [-0.15, -0.1) is 0 Å². The van der Waals surface area contributed by atoms with Gasteiger partial charge in [-0.3, -0.25) is 14.5 Å². The lowest BCUT2D eigenvalue weighted by molar-refractivity contribution is -0.120. The number of hydrogen-bond donors (Lipinski definition) is 1. The standard InChI is InChI=1S/C31H27FN2O4/c1-38-31(37)21-10-6-19(7-11-21)29-28-25(16-22(17-27(28)35)18-12-14-23(32)15-13-18)33-24-4-2-3-5-26(24)34(29)30(36)20-8-9-20/h2-7,10-15,20,22,29,33H,8-9,16-17H2,1H3/t22-,29-/m0/s1. The molecule has 1 aliphatic heterocycles. The molecule has 0 radical (unpaired) electrons. The average Bonchev–Trinajstić information content (AvgIpc) is 3.79. The molecule has 1 amide bonds. The Kier molecular flexibility index (Phi) is 6.06. The van der Waals surface area contributed by atoms with E-state index in [2.05, 4.69) is 5.32 Å². The number of esters is 1. The molecule has 3 aliphatic rings. The molecule has 6 nitrogen and oxygen atoms in total. The van der Waals surface area contributed by atoms with Crippen LogP contribution in [0.4, 0.5) is 15.8 Å². The maximum absolute atomic E-state index is 14.0. The highest BCUT2D eigenvalue weighted by Gasteiger charge is 2.45. The molecule has 0 unspecified atom stereocenters. The molecule has 0 bridgehead atoms. The van der Waals surface area contributed by atoms with Crippen LogP contribution in [0, 0.1) is 11.7 Å². The Morgan fingerprint density at radius 1 is 0.921 bits per heavy atom. The van der Waals surface area contributed by atoms with Crippen LogP contribution < -0.4 is 10.2 Å². The van der Waals surface area contributed by atoms with Gasteiger partial charge in [0.15, 0.2) is 5.78 Å². The second-order valence-electron chi connectivity index (χ2n) is 10.1. The molecule has 0 aromatic heterocycles. The molecule has 7 heteroatoms. The highest BCUT2D eigenvalue weighted by molar-refractivity contribution is 6.07. The van der Waals surface area contributed by atoms with Crippen LogP contribution in [-0.4, -0.2) is 24.8 Å². The molecular formula is C31H27FN2O4. The van der Waals surface area contributed by atoms with Crippen molar-refractivity contribution < 1.29 is 23.5 Å². The van der Waals surface area contributed by atoms with E-state index in [1.54, 1.807) is 41.3 Å². The van der Waals surface area contributed by atoms with Crippen LogP contribution in [-0.2, 0) is 14.3 Å². The molecular weight excluding hydrogens is 483 g/mol. The van der Waals surface area contributed by atoms with E-state index in [1.165, 1.54) is 19.2 Å². The van der Waals surface area contributed by atoms with E-state index < -0.39 is 12.0 Å². The van der Waals surface area contributed by atoms with Crippen LogP contribution in [0.2, 0.25) is 0 Å². The summed E-state index contributed by atoms with van der Waals surface area (Å²) in [5.74, 6) is -1.03. The number of carbonyl (C=O) groups is 3. The SMILES string of the molecule is COC(=O)c1ccc([C@H]2C3=C(C[C@H](c4ccc(F)cc4)CC3=O)Nc3ccccc3N2C(=O)C2CC2)cc1. The van der Waals surface area contributed by atoms with Crippen molar-refractivity contribution in [2.75, 3.05) is 17.3 Å². The maximum Gasteiger partial charge on any atom is 0.337 e. The molecule has 0 saturated heterocycles. The van der Waals surface area contributed by atoms with Gasteiger partial charge < -0.3 is 10.1 Å². The monoisotopic (exact) mass is 510 g/mol. The van der Waals surface area contributed by atoms with Crippen LogP contribution in [0.1, 0.15) is 59.1 Å². The number of fused-ring (bicyclic) bond motifs is 1. The van der Waals surface area contributed by atoms with Gasteiger partial charge in [0, 0.05) is 23.6 Å². The Bertz CT molecular complexity index is 1460. The van der Waals surface area contributed by atoms with E-state index in [-0.39, 0.29) is 35.8 Å². The van der Waals surface area contributed by atoms with Crippen LogP contribution in [0.3, 0.4) is 0 Å². The quantitative estimate of drug-likeness (QED) is 0.441. The second-order valence-corrected chi connectivity index (χ2v) is 10.1. The van der Waals surface area contributed by atoms with Crippen LogP contribution >= 0.6 is 0 Å². The summed E-state index contributed by atoms with van der Waals surface area (Å²) in [4.78, 5) is 41.6. The number of para-hydroxylation sites is 2. The van der Waals surface area contributed by atoms with E-state index in [1.807, 2.05) is 24.3 Å². The molecule has 1 fully saturated rings. The predicted molar refractivity (Wildman–Crippen MR) is 141 cm³/mol. The van der Waals surface area contributed by atoms with Gasteiger partial charge in [-0.1, -0.05) is 36.4 Å². The summed E-state index contributed by atoms with van der Waals surface area (Å²) in [7, 11) is 1.33. The van der Waals surface area contributed by atoms with Crippen LogP contribution in [0.5, 0.6) is 0 Å².